The zero-order valence-electron chi connectivity index (χ0n) is 12.1. The number of nitrogens with zero attached hydrogens (tertiary/aromatic N) is 1. The lowest BCUT2D eigenvalue weighted by Gasteiger charge is -2.19. The van der Waals surface area contributed by atoms with Gasteiger partial charge in [-0.2, -0.15) is 0 Å². The van der Waals surface area contributed by atoms with Crippen molar-refractivity contribution in [1.29, 1.82) is 0 Å². The average Bonchev–Trinajstić information content (AvgIpc) is 2.80. The third-order valence-electron chi connectivity index (χ3n) is 3.53. The number of benzene rings is 1. The van der Waals surface area contributed by atoms with Crippen molar-refractivity contribution in [3.8, 4) is 0 Å². The summed E-state index contributed by atoms with van der Waals surface area (Å²) in [5, 5.41) is 11.3. The maximum Gasteiger partial charge on any atom is 0.305 e. The molecule has 2 unspecified atom stereocenters. The number of nitrogens with one attached hydrogen (secondary N) is 1. The second-order valence-electron chi connectivity index (χ2n) is 5.29. The van der Waals surface area contributed by atoms with E-state index >= 15 is 0 Å². The number of carboxylic acid groups (broad SMARTS) is 1. The largest absolute Gasteiger partial charge is 0.481 e. The Morgan fingerprint density at radius 1 is 1.45 bits per heavy atom. The van der Waals surface area contributed by atoms with Crippen LogP contribution in [0.4, 0.5) is 5.69 Å². The molecule has 1 aromatic carbocycles. The second-order valence-corrected chi connectivity index (χ2v) is 6.14. The molecule has 1 aliphatic rings. The minimum absolute atomic E-state index is 0.166. The van der Waals surface area contributed by atoms with E-state index in [-0.39, 0.29) is 12.3 Å². The maximum atomic E-state index is 12.4. The second kappa shape index (κ2) is 6.91. The molecule has 2 N–H and O–H groups in total. The van der Waals surface area contributed by atoms with Crippen LogP contribution in [0.15, 0.2) is 28.7 Å². The van der Waals surface area contributed by atoms with Gasteiger partial charge in [-0.15, -0.1) is 0 Å². The highest BCUT2D eigenvalue weighted by atomic mass is 79.9. The number of carbonyl (C=O) groups is 3. The molecule has 2 amide bonds. The number of rotatable bonds is 5. The minimum Gasteiger partial charge on any atom is -0.481 e. The van der Waals surface area contributed by atoms with Crippen molar-refractivity contribution < 1.29 is 19.5 Å². The Balaban J connectivity index is 2.04. The first-order chi connectivity index (χ1) is 10.4. The molecule has 1 aromatic rings. The third-order valence-corrected chi connectivity index (χ3v) is 4.21. The van der Waals surface area contributed by atoms with E-state index in [1.807, 2.05) is 24.3 Å². The SMILES string of the molecule is CC(CC(=O)O)NC(=O)C1CCN(c2ccccc2Br)C1=O. The topological polar surface area (TPSA) is 86.7 Å². The van der Waals surface area contributed by atoms with Gasteiger partial charge < -0.3 is 15.3 Å². The van der Waals surface area contributed by atoms with Gasteiger partial charge >= 0.3 is 5.97 Å². The number of amides is 2. The van der Waals surface area contributed by atoms with Crippen molar-refractivity contribution in [1.82, 2.24) is 5.32 Å². The van der Waals surface area contributed by atoms with Gasteiger partial charge in [0.15, 0.2) is 0 Å². The fraction of sp³-hybridized carbons (Fsp3) is 0.400. The number of halogens is 1. The highest BCUT2D eigenvalue weighted by Gasteiger charge is 2.38. The lowest BCUT2D eigenvalue weighted by atomic mass is 10.1. The molecule has 1 fully saturated rings. The Labute approximate surface area is 136 Å². The summed E-state index contributed by atoms with van der Waals surface area (Å²) < 4.78 is 0.795. The predicted molar refractivity (Wildman–Crippen MR) is 84.5 cm³/mol. The Hall–Kier alpha value is -1.89. The summed E-state index contributed by atoms with van der Waals surface area (Å²) in [6, 6.07) is 6.83. The van der Waals surface area contributed by atoms with Crippen molar-refractivity contribution in [2.24, 2.45) is 5.92 Å². The average molecular weight is 369 g/mol. The number of para-hydroxylation sites is 1. The van der Waals surface area contributed by atoms with Crippen LogP contribution in [0.2, 0.25) is 0 Å². The Bertz CT molecular complexity index is 605. The molecule has 1 saturated heterocycles. The zero-order chi connectivity index (χ0) is 16.3. The zero-order valence-corrected chi connectivity index (χ0v) is 13.7. The van der Waals surface area contributed by atoms with Gasteiger partial charge in [-0.1, -0.05) is 12.1 Å². The van der Waals surface area contributed by atoms with Crippen LogP contribution in [-0.4, -0.2) is 35.5 Å². The highest BCUT2D eigenvalue weighted by molar-refractivity contribution is 9.10. The molecule has 1 aliphatic heterocycles. The van der Waals surface area contributed by atoms with Crippen LogP contribution in [-0.2, 0) is 14.4 Å². The van der Waals surface area contributed by atoms with Crippen LogP contribution >= 0.6 is 15.9 Å². The van der Waals surface area contributed by atoms with E-state index in [1.54, 1.807) is 11.8 Å². The molecule has 0 aromatic heterocycles. The van der Waals surface area contributed by atoms with Gasteiger partial charge in [0.25, 0.3) is 0 Å². The summed E-state index contributed by atoms with van der Waals surface area (Å²) >= 11 is 3.40. The van der Waals surface area contributed by atoms with Crippen LogP contribution in [0.25, 0.3) is 0 Å². The lowest BCUT2D eigenvalue weighted by molar-refractivity contribution is -0.137. The van der Waals surface area contributed by atoms with Gasteiger partial charge in [0.05, 0.1) is 12.1 Å². The molecular weight excluding hydrogens is 352 g/mol. The molecule has 1 heterocycles. The smallest absolute Gasteiger partial charge is 0.305 e. The van der Waals surface area contributed by atoms with Gasteiger partial charge in [0, 0.05) is 17.1 Å². The van der Waals surface area contributed by atoms with Crippen LogP contribution in [0.1, 0.15) is 19.8 Å². The molecule has 118 valence electrons. The molecule has 22 heavy (non-hydrogen) atoms. The molecule has 0 saturated carbocycles. The van der Waals surface area contributed by atoms with Gasteiger partial charge in [-0.3, -0.25) is 14.4 Å². The van der Waals surface area contributed by atoms with Gasteiger partial charge in [-0.25, -0.2) is 0 Å². The van der Waals surface area contributed by atoms with Crippen LogP contribution < -0.4 is 10.2 Å². The van der Waals surface area contributed by atoms with E-state index in [9.17, 15) is 14.4 Å². The van der Waals surface area contributed by atoms with E-state index in [0.29, 0.717) is 13.0 Å². The predicted octanol–water partition coefficient (Wildman–Crippen LogP) is 1.78. The van der Waals surface area contributed by atoms with E-state index in [1.165, 1.54) is 0 Å². The molecular formula is C15H17BrN2O4. The monoisotopic (exact) mass is 368 g/mol. The fourth-order valence-corrected chi connectivity index (χ4v) is 2.99. The van der Waals surface area contributed by atoms with Crippen LogP contribution in [0.5, 0.6) is 0 Å². The minimum atomic E-state index is -0.986. The molecule has 7 heteroatoms. The molecule has 6 nitrogen and oxygen atoms in total. The molecule has 0 radical (unpaired) electrons. The molecule has 0 spiro atoms. The van der Waals surface area contributed by atoms with Crippen LogP contribution in [0, 0.1) is 5.92 Å². The van der Waals surface area contributed by atoms with Crippen LogP contribution in [0.3, 0.4) is 0 Å². The summed E-state index contributed by atoms with van der Waals surface area (Å²) in [7, 11) is 0. The van der Waals surface area contributed by atoms with Gasteiger partial charge in [0.1, 0.15) is 5.92 Å². The van der Waals surface area contributed by atoms with E-state index < -0.39 is 23.8 Å². The maximum absolute atomic E-state index is 12.4. The quantitative estimate of drug-likeness (QED) is 0.775. The number of aliphatic carboxylic acids is 1. The number of carbonyl (C=O) groups excluding carboxylic acids is 2. The summed E-state index contributed by atoms with van der Waals surface area (Å²) in [6.45, 7) is 2.07. The van der Waals surface area contributed by atoms with E-state index in [2.05, 4.69) is 21.2 Å². The Morgan fingerprint density at radius 2 is 2.14 bits per heavy atom. The number of carboxylic acids is 1. The van der Waals surface area contributed by atoms with Gasteiger partial charge in [0.2, 0.25) is 11.8 Å². The van der Waals surface area contributed by atoms with E-state index in [4.69, 9.17) is 5.11 Å². The summed E-state index contributed by atoms with van der Waals surface area (Å²) in [5.41, 5.74) is 0.737. The van der Waals surface area contributed by atoms with Crippen molar-refractivity contribution in [2.45, 2.75) is 25.8 Å². The van der Waals surface area contributed by atoms with Crippen molar-refractivity contribution >= 4 is 39.4 Å². The normalized spacial score (nSPS) is 19.1. The number of hydrogen-bond acceptors (Lipinski definition) is 3. The molecule has 0 aliphatic carbocycles. The van der Waals surface area contributed by atoms with Crippen molar-refractivity contribution in [3.63, 3.8) is 0 Å². The highest BCUT2D eigenvalue weighted by Crippen LogP contribution is 2.31. The summed E-state index contributed by atoms with van der Waals surface area (Å²) in [4.78, 5) is 36.8. The number of hydrogen-bond donors (Lipinski definition) is 2. The fourth-order valence-electron chi connectivity index (χ4n) is 2.49. The number of anilines is 1. The molecule has 0 bridgehead atoms. The standard InChI is InChI=1S/C15H17BrN2O4/c1-9(8-13(19)20)17-14(21)10-6-7-18(15(10)22)12-5-3-2-4-11(12)16/h2-5,9-10H,6-8H2,1H3,(H,17,21)(H,19,20). The van der Waals surface area contributed by atoms with E-state index in [0.717, 1.165) is 10.2 Å². The first kappa shape index (κ1) is 16.5. The summed E-state index contributed by atoms with van der Waals surface area (Å²) in [5.74, 6) is -2.41. The van der Waals surface area contributed by atoms with Crippen molar-refractivity contribution in [2.75, 3.05) is 11.4 Å². The first-order valence-electron chi connectivity index (χ1n) is 6.98. The summed E-state index contributed by atoms with van der Waals surface area (Å²) in [6.07, 6.45) is 0.256. The lowest BCUT2D eigenvalue weighted by Crippen LogP contribution is -2.41. The Morgan fingerprint density at radius 3 is 2.77 bits per heavy atom. The Kier molecular flexibility index (Phi) is 5.18. The molecule has 2 atom stereocenters. The first-order valence-corrected chi connectivity index (χ1v) is 7.77. The van der Waals surface area contributed by atoms with Crippen molar-refractivity contribution in [3.05, 3.63) is 28.7 Å². The third kappa shape index (κ3) is 3.65. The van der Waals surface area contributed by atoms with Gasteiger partial charge in [-0.05, 0) is 41.4 Å². The molecule has 2 rings (SSSR count).